The highest BCUT2D eigenvalue weighted by Crippen LogP contribution is 2.19. The molecule has 0 saturated carbocycles. The van der Waals surface area contributed by atoms with Crippen LogP contribution in [0.15, 0.2) is 0 Å². The lowest BCUT2D eigenvalue weighted by Gasteiger charge is -2.45. The van der Waals surface area contributed by atoms with E-state index >= 15 is 0 Å². The second-order valence-corrected chi connectivity index (χ2v) is 7.14. The number of hydrogen-bond donors (Lipinski definition) is 0. The monoisotopic (exact) mass is 284 g/mol. The van der Waals surface area contributed by atoms with Crippen molar-refractivity contribution in [1.82, 2.24) is 9.80 Å². The van der Waals surface area contributed by atoms with Gasteiger partial charge in [0.2, 0.25) is 5.91 Å². The standard InChI is InChI=1S/C15H28N2O3/c1-14(2,3)20-13(19)8-7-12(18)17-10-9-16(6)15(4,5)11-17/h7-11H2,1-6H3. The first-order valence-electron chi connectivity index (χ1n) is 7.22. The van der Waals surface area contributed by atoms with E-state index in [0.717, 1.165) is 13.1 Å². The molecule has 1 amide bonds. The minimum atomic E-state index is -0.490. The molecule has 1 aliphatic heterocycles. The van der Waals surface area contributed by atoms with Crippen LogP contribution >= 0.6 is 0 Å². The van der Waals surface area contributed by atoms with E-state index < -0.39 is 5.60 Å². The van der Waals surface area contributed by atoms with Gasteiger partial charge in [0.25, 0.3) is 0 Å². The zero-order valence-electron chi connectivity index (χ0n) is 13.7. The van der Waals surface area contributed by atoms with E-state index in [1.54, 1.807) is 0 Å². The van der Waals surface area contributed by atoms with Crippen molar-refractivity contribution < 1.29 is 14.3 Å². The highest BCUT2D eigenvalue weighted by atomic mass is 16.6. The second kappa shape index (κ2) is 6.12. The molecular formula is C15H28N2O3. The first-order valence-corrected chi connectivity index (χ1v) is 7.22. The molecule has 1 saturated heterocycles. The number of carbonyl (C=O) groups excluding carboxylic acids is 2. The van der Waals surface area contributed by atoms with Crippen LogP contribution in [0.4, 0.5) is 0 Å². The summed E-state index contributed by atoms with van der Waals surface area (Å²) in [6, 6.07) is 0. The normalized spacial score (nSPS) is 19.8. The number of likely N-dealkylation sites (N-methyl/N-ethyl adjacent to an activating group) is 1. The number of nitrogens with zero attached hydrogens (tertiary/aromatic N) is 2. The Hall–Kier alpha value is -1.10. The molecule has 116 valence electrons. The molecule has 0 aliphatic carbocycles. The van der Waals surface area contributed by atoms with Crippen molar-refractivity contribution in [2.24, 2.45) is 0 Å². The van der Waals surface area contributed by atoms with Crippen molar-refractivity contribution in [3.63, 3.8) is 0 Å². The van der Waals surface area contributed by atoms with Crippen LogP contribution in [-0.4, -0.2) is 59.5 Å². The molecule has 0 N–H and O–H groups in total. The Morgan fingerprint density at radius 1 is 1.15 bits per heavy atom. The molecule has 5 heteroatoms. The van der Waals surface area contributed by atoms with Crippen molar-refractivity contribution in [3.8, 4) is 0 Å². The Balaban J connectivity index is 2.42. The van der Waals surface area contributed by atoms with Crippen molar-refractivity contribution >= 4 is 11.9 Å². The molecule has 1 aliphatic rings. The summed E-state index contributed by atoms with van der Waals surface area (Å²) in [5, 5.41) is 0. The number of esters is 1. The van der Waals surface area contributed by atoms with Gasteiger partial charge in [-0.15, -0.1) is 0 Å². The SMILES string of the molecule is CN1CCN(C(=O)CCC(=O)OC(C)(C)C)CC1(C)C. The van der Waals surface area contributed by atoms with E-state index in [9.17, 15) is 9.59 Å². The summed E-state index contributed by atoms with van der Waals surface area (Å²) in [6.07, 6.45) is 0.386. The van der Waals surface area contributed by atoms with E-state index in [-0.39, 0.29) is 30.3 Å². The van der Waals surface area contributed by atoms with Gasteiger partial charge in [0.1, 0.15) is 5.60 Å². The van der Waals surface area contributed by atoms with Gasteiger partial charge in [0.15, 0.2) is 0 Å². The zero-order chi connectivity index (χ0) is 15.6. The molecule has 0 bridgehead atoms. The Kier molecular flexibility index (Phi) is 5.19. The van der Waals surface area contributed by atoms with Crippen LogP contribution in [0.25, 0.3) is 0 Å². The van der Waals surface area contributed by atoms with Crippen molar-refractivity contribution in [1.29, 1.82) is 0 Å². The van der Waals surface area contributed by atoms with Crippen LogP contribution in [0.1, 0.15) is 47.5 Å². The van der Waals surface area contributed by atoms with Gasteiger partial charge in [-0.2, -0.15) is 0 Å². The van der Waals surface area contributed by atoms with Crippen LogP contribution in [0.3, 0.4) is 0 Å². The summed E-state index contributed by atoms with van der Waals surface area (Å²) in [5.74, 6) is -0.267. The molecule has 1 rings (SSSR count). The molecule has 0 radical (unpaired) electrons. The third kappa shape index (κ3) is 5.12. The number of hydrogen-bond acceptors (Lipinski definition) is 4. The predicted molar refractivity (Wildman–Crippen MR) is 78.4 cm³/mol. The zero-order valence-corrected chi connectivity index (χ0v) is 13.7. The summed E-state index contributed by atoms with van der Waals surface area (Å²) >= 11 is 0. The molecule has 0 unspecified atom stereocenters. The van der Waals surface area contributed by atoms with Gasteiger partial charge in [-0.3, -0.25) is 14.5 Å². The van der Waals surface area contributed by atoms with Crippen molar-refractivity contribution in [2.75, 3.05) is 26.7 Å². The summed E-state index contributed by atoms with van der Waals surface area (Å²) in [4.78, 5) is 27.9. The molecule has 0 spiro atoms. The van der Waals surface area contributed by atoms with Gasteiger partial charge in [-0.25, -0.2) is 0 Å². The second-order valence-electron chi connectivity index (χ2n) is 7.14. The van der Waals surface area contributed by atoms with Gasteiger partial charge in [0.05, 0.1) is 6.42 Å². The summed E-state index contributed by atoms with van der Waals surface area (Å²) in [7, 11) is 2.07. The van der Waals surface area contributed by atoms with Gasteiger partial charge >= 0.3 is 5.97 Å². The molecule has 0 aromatic heterocycles. The molecule has 1 fully saturated rings. The predicted octanol–water partition coefficient (Wildman–Crippen LogP) is 1.66. The third-order valence-electron chi connectivity index (χ3n) is 3.63. The Morgan fingerprint density at radius 3 is 2.25 bits per heavy atom. The van der Waals surface area contributed by atoms with Crippen LogP contribution in [0, 0.1) is 0 Å². The van der Waals surface area contributed by atoms with E-state index in [1.165, 1.54) is 0 Å². The Labute approximate surface area is 122 Å². The highest BCUT2D eigenvalue weighted by Gasteiger charge is 2.33. The Bertz CT molecular complexity index is 372. The molecule has 0 atom stereocenters. The molecule has 20 heavy (non-hydrogen) atoms. The number of ether oxygens (including phenoxy) is 1. The minimum absolute atomic E-state index is 0.0141. The lowest BCUT2D eigenvalue weighted by Crippen LogP contribution is -2.58. The number of amides is 1. The average Bonchev–Trinajstić information content (AvgIpc) is 2.27. The van der Waals surface area contributed by atoms with Crippen molar-refractivity contribution in [2.45, 2.75) is 58.6 Å². The maximum atomic E-state index is 12.2. The molecule has 0 aromatic carbocycles. The average molecular weight is 284 g/mol. The van der Waals surface area contributed by atoms with Gasteiger partial charge < -0.3 is 9.64 Å². The minimum Gasteiger partial charge on any atom is -0.460 e. The number of carbonyl (C=O) groups is 2. The molecular weight excluding hydrogens is 256 g/mol. The van der Waals surface area contributed by atoms with Gasteiger partial charge in [-0.1, -0.05) is 0 Å². The fourth-order valence-electron chi connectivity index (χ4n) is 2.21. The van der Waals surface area contributed by atoms with E-state index in [2.05, 4.69) is 25.8 Å². The topological polar surface area (TPSA) is 49.9 Å². The van der Waals surface area contributed by atoms with Crippen LogP contribution in [0.5, 0.6) is 0 Å². The van der Waals surface area contributed by atoms with E-state index in [1.807, 2.05) is 25.7 Å². The number of piperazine rings is 1. The first kappa shape index (κ1) is 17.0. The van der Waals surface area contributed by atoms with Crippen LogP contribution in [0.2, 0.25) is 0 Å². The maximum absolute atomic E-state index is 12.2. The smallest absolute Gasteiger partial charge is 0.306 e. The fourth-order valence-corrected chi connectivity index (χ4v) is 2.21. The summed E-state index contributed by atoms with van der Waals surface area (Å²) in [5.41, 5.74) is -0.504. The van der Waals surface area contributed by atoms with Crippen molar-refractivity contribution in [3.05, 3.63) is 0 Å². The van der Waals surface area contributed by atoms with Gasteiger partial charge in [0, 0.05) is 31.6 Å². The summed E-state index contributed by atoms with van der Waals surface area (Å²) in [6.45, 7) is 12.0. The molecule has 0 aromatic rings. The van der Waals surface area contributed by atoms with Crippen LogP contribution in [-0.2, 0) is 14.3 Å². The van der Waals surface area contributed by atoms with E-state index in [0.29, 0.717) is 6.54 Å². The molecule has 1 heterocycles. The third-order valence-corrected chi connectivity index (χ3v) is 3.63. The Morgan fingerprint density at radius 2 is 1.75 bits per heavy atom. The van der Waals surface area contributed by atoms with Crippen LogP contribution < -0.4 is 0 Å². The highest BCUT2D eigenvalue weighted by molar-refractivity contribution is 5.81. The fraction of sp³-hybridized carbons (Fsp3) is 0.867. The summed E-state index contributed by atoms with van der Waals surface area (Å²) < 4.78 is 5.22. The molecule has 5 nitrogen and oxygen atoms in total. The largest absolute Gasteiger partial charge is 0.460 e. The maximum Gasteiger partial charge on any atom is 0.306 e. The lowest BCUT2D eigenvalue weighted by molar-refractivity contribution is -0.156. The van der Waals surface area contributed by atoms with E-state index in [4.69, 9.17) is 4.74 Å². The first-order chi connectivity index (χ1) is 9.01. The lowest BCUT2D eigenvalue weighted by atomic mass is 9.99. The quantitative estimate of drug-likeness (QED) is 0.740. The number of rotatable bonds is 3. The van der Waals surface area contributed by atoms with Gasteiger partial charge in [-0.05, 0) is 41.7 Å².